The van der Waals surface area contributed by atoms with Gasteiger partial charge in [0, 0.05) is 5.71 Å². The van der Waals surface area contributed by atoms with Gasteiger partial charge in [0.05, 0.1) is 0 Å². The van der Waals surface area contributed by atoms with E-state index in [4.69, 9.17) is 5.41 Å². The molecule has 2 rings (SSSR count). The lowest BCUT2D eigenvalue weighted by Crippen LogP contribution is -2.20. The first kappa shape index (κ1) is 26.3. The lowest BCUT2D eigenvalue weighted by Gasteiger charge is -2.26. The van der Waals surface area contributed by atoms with Crippen molar-refractivity contribution >= 4 is 11.3 Å². The van der Waals surface area contributed by atoms with Crippen molar-refractivity contribution < 1.29 is 0 Å². The molecule has 1 aliphatic carbocycles. The van der Waals surface area contributed by atoms with E-state index in [1.807, 2.05) is 6.08 Å². The van der Waals surface area contributed by atoms with Crippen LogP contribution in [0.15, 0.2) is 109 Å². The molecule has 0 saturated carbocycles. The van der Waals surface area contributed by atoms with Crippen molar-refractivity contribution in [2.45, 2.75) is 47.0 Å². The van der Waals surface area contributed by atoms with E-state index in [0.29, 0.717) is 17.5 Å². The molecule has 0 aliphatic heterocycles. The van der Waals surface area contributed by atoms with Crippen molar-refractivity contribution in [1.82, 2.24) is 0 Å². The minimum Gasteiger partial charge on any atom is -0.304 e. The van der Waals surface area contributed by atoms with Gasteiger partial charge in [-0.1, -0.05) is 120 Å². The van der Waals surface area contributed by atoms with Crippen LogP contribution in [0.25, 0.3) is 5.57 Å². The Bertz CT molecular complexity index is 967. The van der Waals surface area contributed by atoms with E-state index in [-0.39, 0.29) is 11.8 Å². The van der Waals surface area contributed by atoms with Crippen LogP contribution in [0.3, 0.4) is 0 Å². The van der Waals surface area contributed by atoms with Crippen LogP contribution >= 0.6 is 0 Å². The molecule has 0 amide bonds. The number of hydrogen-bond donors (Lipinski definition) is 1. The lowest BCUT2D eigenvalue weighted by molar-refractivity contribution is 0.375. The summed E-state index contributed by atoms with van der Waals surface area (Å²) in [5.41, 5.74) is 5.79. The van der Waals surface area contributed by atoms with Gasteiger partial charge < -0.3 is 5.41 Å². The van der Waals surface area contributed by atoms with Gasteiger partial charge in [0.2, 0.25) is 0 Å². The third-order valence-electron chi connectivity index (χ3n) is 6.64. The van der Waals surface area contributed by atoms with Gasteiger partial charge in [-0.3, -0.25) is 0 Å². The highest BCUT2D eigenvalue weighted by Gasteiger charge is 2.22. The Labute approximate surface area is 202 Å². The van der Waals surface area contributed by atoms with Crippen molar-refractivity contribution in [1.29, 1.82) is 5.41 Å². The van der Waals surface area contributed by atoms with E-state index in [2.05, 4.69) is 114 Å². The number of benzene rings is 1. The first-order valence-electron chi connectivity index (χ1n) is 12.2. The standard InChI is InChI=1S/C32H41N/c1-8-9-13-23(2)24(3)16-17-25(4)28(7)32(33)27(6)22-26(5)29-18-20-31(21-19-29)30-14-11-10-12-15-30/h9-18,20-21,24,26-27,29,33H,2,4,7-8,19,22H2,1,3,5-6H3/b13-9-,17-16-,33-32?/t24?,26-,27?,29?/m0/s1. The SMILES string of the molecule is C=C(/C=C\C(C)C(=C)/C=C\CC)C(=C)C(=N)C(C)C[C@H](C)C1C=CC(c2ccccc2)=CC1. The molecule has 1 aliphatic rings. The zero-order chi connectivity index (χ0) is 24.4. The fraction of sp³-hybridized carbons (Fsp3) is 0.344. The van der Waals surface area contributed by atoms with Crippen molar-refractivity contribution in [3.63, 3.8) is 0 Å². The maximum Gasteiger partial charge on any atom is 0.0414 e. The first-order chi connectivity index (χ1) is 15.7. The zero-order valence-electron chi connectivity index (χ0n) is 21.0. The molecule has 0 spiro atoms. The number of hydrogen-bond acceptors (Lipinski definition) is 1. The van der Waals surface area contributed by atoms with Crippen LogP contribution in [0.5, 0.6) is 0 Å². The van der Waals surface area contributed by atoms with Gasteiger partial charge in [-0.2, -0.15) is 0 Å². The minimum atomic E-state index is 0.144. The Balaban J connectivity index is 1.88. The summed E-state index contributed by atoms with van der Waals surface area (Å²) >= 11 is 0. The van der Waals surface area contributed by atoms with Gasteiger partial charge >= 0.3 is 0 Å². The second-order valence-electron chi connectivity index (χ2n) is 9.35. The average molecular weight is 440 g/mol. The highest BCUT2D eigenvalue weighted by molar-refractivity contribution is 6.03. The topological polar surface area (TPSA) is 23.9 Å². The summed E-state index contributed by atoms with van der Waals surface area (Å²) in [6.07, 6.45) is 18.3. The third kappa shape index (κ3) is 7.86. The molecule has 1 nitrogen and oxygen atoms in total. The van der Waals surface area contributed by atoms with Crippen LogP contribution in [-0.4, -0.2) is 5.71 Å². The van der Waals surface area contributed by atoms with Gasteiger partial charge in [0.25, 0.3) is 0 Å². The Kier molecular flexibility index (Phi) is 10.3. The van der Waals surface area contributed by atoms with Gasteiger partial charge in [0.1, 0.15) is 0 Å². The van der Waals surface area contributed by atoms with E-state index < -0.39 is 0 Å². The Hall–Kier alpha value is -2.93. The fourth-order valence-electron chi connectivity index (χ4n) is 4.13. The molecule has 33 heavy (non-hydrogen) atoms. The van der Waals surface area contributed by atoms with E-state index >= 15 is 0 Å². The molecule has 1 N–H and O–H groups in total. The molecular weight excluding hydrogens is 398 g/mol. The number of rotatable bonds is 12. The molecule has 1 aromatic rings. The highest BCUT2D eigenvalue weighted by atomic mass is 14.5. The number of allylic oxidation sites excluding steroid dienone is 11. The normalized spacial score (nSPS) is 18.7. The lowest BCUT2D eigenvalue weighted by atomic mass is 9.79. The van der Waals surface area contributed by atoms with E-state index in [1.165, 1.54) is 11.1 Å². The number of nitrogens with one attached hydrogen (secondary N) is 1. The summed E-state index contributed by atoms with van der Waals surface area (Å²) < 4.78 is 0. The molecule has 0 heterocycles. The molecule has 1 aromatic carbocycles. The molecule has 0 bridgehead atoms. The second-order valence-corrected chi connectivity index (χ2v) is 9.35. The van der Waals surface area contributed by atoms with Crippen LogP contribution in [0.4, 0.5) is 0 Å². The van der Waals surface area contributed by atoms with Crippen LogP contribution < -0.4 is 0 Å². The highest BCUT2D eigenvalue weighted by Crippen LogP contribution is 2.32. The summed E-state index contributed by atoms with van der Waals surface area (Å²) in [5, 5.41) is 8.69. The maximum atomic E-state index is 8.69. The minimum absolute atomic E-state index is 0.144. The largest absolute Gasteiger partial charge is 0.304 e. The van der Waals surface area contributed by atoms with E-state index in [1.54, 1.807) is 0 Å². The molecule has 0 saturated heterocycles. The van der Waals surface area contributed by atoms with Gasteiger partial charge in [-0.05, 0) is 70.8 Å². The van der Waals surface area contributed by atoms with E-state index in [0.717, 1.165) is 36.0 Å². The third-order valence-corrected chi connectivity index (χ3v) is 6.64. The van der Waals surface area contributed by atoms with Crippen molar-refractivity contribution in [2.24, 2.45) is 23.7 Å². The fourth-order valence-corrected chi connectivity index (χ4v) is 4.13. The summed E-state index contributed by atoms with van der Waals surface area (Å²) in [5.74, 6) is 1.38. The second kappa shape index (κ2) is 12.9. The van der Waals surface area contributed by atoms with Crippen LogP contribution in [0, 0.1) is 29.1 Å². The molecule has 4 atom stereocenters. The molecule has 0 fully saturated rings. The molecule has 3 unspecified atom stereocenters. The Morgan fingerprint density at radius 1 is 1.09 bits per heavy atom. The molecule has 174 valence electrons. The van der Waals surface area contributed by atoms with Gasteiger partial charge in [0.15, 0.2) is 0 Å². The Morgan fingerprint density at radius 2 is 1.79 bits per heavy atom. The summed E-state index contributed by atoms with van der Waals surface area (Å²) in [7, 11) is 0. The van der Waals surface area contributed by atoms with Crippen molar-refractivity contribution in [3.05, 3.63) is 115 Å². The monoisotopic (exact) mass is 439 g/mol. The molecular formula is C32H41N. The van der Waals surface area contributed by atoms with Gasteiger partial charge in [-0.25, -0.2) is 0 Å². The zero-order valence-corrected chi connectivity index (χ0v) is 21.0. The maximum absolute atomic E-state index is 8.69. The van der Waals surface area contributed by atoms with E-state index in [9.17, 15) is 0 Å². The van der Waals surface area contributed by atoms with Crippen molar-refractivity contribution in [3.8, 4) is 0 Å². The Morgan fingerprint density at radius 3 is 2.39 bits per heavy atom. The summed E-state index contributed by atoms with van der Waals surface area (Å²) in [4.78, 5) is 0. The molecule has 0 aromatic heterocycles. The van der Waals surface area contributed by atoms with Gasteiger partial charge in [-0.15, -0.1) is 0 Å². The smallest absolute Gasteiger partial charge is 0.0414 e. The summed E-state index contributed by atoms with van der Waals surface area (Å²) in [6.45, 7) is 21.2. The predicted octanol–water partition coefficient (Wildman–Crippen LogP) is 9.16. The summed E-state index contributed by atoms with van der Waals surface area (Å²) in [6, 6.07) is 10.5. The van der Waals surface area contributed by atoms with Crippen molar-refractivity contribution in [2.75, 3.05) is 0 Å². The van der Waals surface area contributed by atoms with Crippen LogP contribution in [0.2, 0.25) is 0 Å². The quantitative estimate of drug-likeness (QED) is 0.248. The molecule has 1 heteroatoms. The average Bonchev–Trinajstić information content (AvgIpc) is 2.85. The molecule has 0 radical (unpaired) electrons. The predicted molar refractivity (Wildman–Crippen MR) is 147 cm³/mol. The van der Waals surface area contributed by atoms with Crippen LogP contribution in [0.1, 0.15) is 52.5 Å². The first-order valence-corrected chi connectivity index (χ1v) is 12.2. The van der Waals surface area contributed by atoms with Crippen LogP contribution in [-0.2, 0) is 0 Å².